The summed E-state index contributed by atoms with van der Waals surface area (Å²) in [4.78, 5) is 49.3. The van der Waals surface area contributed by atoms with Gasteiger partial charge in [-0.2, -0.15) is 0 Å². The summed E-state index contributed by atoms with van der Waals surface area (Å²) in [7, 11) is 0. The first-order valence-corrected chi connectivity index (χ1v) is 11.6. The van der Waals surface area contributed by atoms with Crippen molar-refractivity contribution in [2.45, 2.75) is 59.0 Å². The molecule has 0 spiro atoms. The molecule has 1 heterocycles. The number of aryl methyl sites for hydroxylation is 2. The Labute approximate surface area is 185 Å². The second-order valence-corrected chi connectivity index (χ2v) is 9.02. The van der Waals surface area contributed by atoms with Gasteiger partial charge in [0.15, 0.2) is 10.8 Å². The molecule has 1 aromatic heterocycles. The zero-order valence-corrected chi connectivity index (χ0v) is 19.5. The van der Waals surface area contributed by atoms with Gasteiger partial charge in [-0.05, 0) is 45.2 Å². The summed E-state index contributed by atoms with van der Waals surface area (Å²) in [6, 6.07) is 1.74. The zero-order valence-electron chi connectivity index (χ0n) is 17.9. The van der Waals surface area contributed by atoms with Gasteiger partial charge in [0.2, 0.25) is 0 Å². The SMILES string of the molecule is CCOC(=O)CC[C@@](N)(NC(=O)c1cc(C)c(CCCSC(C)=O)s1)C(=O)OCC. The number of esters is 2. The van der Waals surface area contributed by atoms with Crippen molar-refractivity contribution in [3.63, 3.8) is 0 Å². The summed E-state index contributed by atoms with van der Waals surface area (Å²) in [5.41, 5.74) is 5.26. The first-order chi connectivity index (χ1) is 14.1. The molecule has 0 saturated heterocycles. The summed E-state index contributed by atoms with van der Waals surface area (Å²) >= 11 is 2.60. The average molecular weight is 459 g/mol. The molecule has 8 nitrogen and oxygen atoms in total. The molecule has 0 radical (unpaired) electrons. The molecule has 3 N–H and O–H groups in total. The zero-order chi connectivity index (χ0) is 22.7. The number of hydrogen-bond donors (Lipinski definition) is 2. The number of amides is 1. The Morgan fingerprint density at radius 3 is 2.47 bits per heavy atom. The van der Waals surface area contributed by atoms with E-state index in [1.165, 1.54) is 30.0 Å². The van der Waals surface area contributed by atoms with Gasteiger partial charge < -0.3 is 14.8 Å². The van der Waals surface area contributed by atoms with Gasteiger partial charge in [0.05, 0.1) is 18.1 Å². The number of carbonyl (C=O) groups is 4. The largest absolute Gasteiger partial charge is 0.466 e. The Morgan fingerprint density at radius 1 is 1.20 bits per heavy atom. The molecule has 1 amide bonds. The highest BCUT2D eigenvalue weighted by Gasteiger charge is 2.38. The van der Waals surface area contributed by atoms with Gasteiger partial charge in [-0.25, -0.2) is 4.79 Å². The Bertz CT molecular complexity index is 764. The molecule has 0 aliphatic carbocycles. The third kappa shape index (κ3) is 8.45. The number of ether oxygens (including phenoxy) is 2. The number of nitrogens with two attached hydrogens (primary N) is 1. The van der Waals surface area contributed by atoms with Crippen molar-refractivity contribution in [2.75, 3.05) is 19.0 Å². The van der Waals surface area contributed by atoms with Crippen LogP contribution in [0, 0.1) is 6.92 Å². The standard InChI is InChI=1S/C20H30N2O6S2/c1-5-27-17(24)9-10-20(21,19(26)28-6-2)22-18(25)16-12-13(3)15(30-16)8-7-11-29-14(4)23/h12H,5-11,21H2,1-4H3,(H,22,25)/t20-/m1/s1. The summed E-state index contributed by atoms with van der Waals surface area (Å²) in [6.45, 7) is 7.05. The van der Waals surface area contributed by atoms with Gasteiger partial charge in [0, 0.05) is 30.4 Å². The summed E-state index contributed by atoms with van der Waals surface area (Å²) in [6.07, 6.45) is 1.29. The minimum atomic E-state index is -1.84. The third-order valence-corrected chi connectivity index (χ3v) is 6.30. The van der Waals surface area contributed by atoms with Gasteiger partial charge in [-0.15, -0.1) is 11.3 Å². The van der Waals surface area contributed by atoms with Crippen molar-refractivity contribution in [1.29, 1.82) is 0 Å². The number of rotatable bonds is 12. The van der Waals surface area contributed by atoms with Gasteiger partial charge in [-0.3, -0.25) is 20.1 Å². The van der Waals surface area contributed by atoms with Crippen LogP contribution in [-0.2, 0) is 30.3 Å². The predicted octanol–water partition coefficient (Wildman–Crippen LogP) is 2.56. The van der Waals surface area contributed by atoms with Crippen LogP contribution < -0.4 is 11.1 Å². The minimum absolute atomic E-state index is 0.0824. The van der Waals surface area contributed by atoms with Gasteiger partial charge in [0.1, 0.15) is 0 Å². The van der Waals surface area contributed by atoms with E-state index in [2.05, 4.69) is 5.32 Å². The van der Waals surface area contributed by atoms with Crippen LogP contribution >= 0.6 is 23.1 Å². The summed E-state index contributed by atoms with van der Waals surface area (Å²) < 4.78 is 9.86. The van der Waals surface area contributed by atoms with Crippen molar-refractivity contribution >= 4 is 46.1 Å². The summed E-state index contributed by atoms with van der Waals surface area (Å²) in [5, 5.41) is 2.62. The van der Waals surface area contributed by atoms with Crippen molar-refractivity contribution in [1.82, 2.24) is 5.32 Å². The van der Waals surface area contributed by atoms with Crippen molar-refractivity contribution < 1.29 is 28.7 Å². The molecule has 1 atom stereocenters. The molecule has 0 unspecified atom stereocenters. The Morgan fingerprint density at radius 2 is 1.87 bits per heavy atom. The van der Waals surface area contributed by atoms with Crippen LogP contribution in [0.2, 0.25) is 0 Å². The molecule has 0 aliphatic heterocycles. The van der Waals surface area contributed by atoms with Crippen LogP contribution in [-0.4, -0.2) is 47.6 Å². The van der Waals surface area contributed by atoms with Crippen LogP contribution in [0.25, 0.3) is 0 Å². The second kappa shape index (κ2) is 12.7. The van der Waals surface area contributed by atoms with E-state index in [1.54, 1.807) is 19.9 Å². The van der Waals surface area contributed by atoms with Crippen LogP contribution in [0.5, 0.6) is 0 Å². The highest BCUT2D eigenvalue weighted by molar-refractivity contribution is 8.13. The van der Waals surface area contributed by atoms with Gasteiger partial charge >= 0.3 is 11.9 Å². The third-order valence-electron chi connectivity index (χ3n) is 4.10. The molecule has 30 heavy (non-hydrogen) atoms. The molecule has 10 heteroatoms. The lowest BCUT2D eigenvalue weighted by Crippen LogP contribution is -2.62. The fraction of sp³-hybridized carbons (Fsp3) is 0.600. The van der Waals surface area contributed by atoms with E-state index in [-0.39, 0.29) is 31.2 Å². The topological polar surface area (TPSA) is 125 Å². The number of nitrogens with one attached hydrogen (secondary N) is 1. The van der Waals surface area contributed by atoms with Crippen molar-refractivity contribution in [3.8, 4) is 0 Å². The van der Waals surface area contributed by atoms with Gasteiger partial charge in [-0.1, -0.05) is 11.8 Å². The second-order valence-electron chi connectivity index (χ2n) is 6.61. The maximum atomic E-state index is 12.8. The Kier molecular flexibility index (Phi) is 11.1. The quantitative estimate of drug-likeness (QED) is 0.278. The lowest BCUT2D eigenvalue weighted by Gasteiger charge is -2.27. The molecule has 1 aromatic rings. The molecule has 0 fully saturated rings. The highest BCUT2D eigenvalue weighted by atomic mass is 32.2. The molecule has 0 bridgehead atoms. The number of thiophene rings is 1. The molecular formula is C20H30N2O6S2. The molecule has 168 valence electrons. The molecule has 0 saturated carbocycles. The lowest BCUT2D eigenvalue weighted by molar-refractivity contribution is -0.152. The molecule has 1 rings (SSSR count). The van der Waals surface area contributed by atoms with Crippen LogP contribution in [0.15, 0.2) is 6.07 Å². The van der Waals surface area contributed by atoms with E-state index in [4.69, 9.17) is 15.2 Å². The maximum Gasteiger partial charge on any atom is 0.346 e. The number of thioether (sulfide) groups is 1. The monoisotopic (exact) mass is 458 g/mol. The molecular weight excluding hydrogens is 428 g/mol. The van der Waals surface area contributed by atoms with E-state index < -0.39 is 23.5 Å². The van der Waals surface area contributed by atoms with Crippen LogP contribution in [0.3, 0.4) is 0 Å². The van der Waals surface area contributed by atoms with E-state index in [0.29, 0.717) is 4.88 Å². The number of hydrogen-bond acceptors (Lipinski definition) is 9. The van der Waals surface area contributed by atoms with Crippen LogP contribution in [0.4, 0.5) is 0 Å². The van der Waals surface area contributed by atoms with E-state index in [9.17, 15) is 19.2 Å². The number of carbonyl (C=O) groups excluding carboxylic acids is 4. The smallest absolute Gasteiger partial charge is 0.346 e. The molecule has 0 aliphatic rings. The lowest BCUT2D eigenvalue weighted by atomic mass is 10.0. The first kappa shape index (κ1) is 26.1. The Balaban J connectivity index is 2.85. The van der Waals surface area contributed by atoms with E-state index >= 15 is 0 Å². The fourth-order valence-corrected chi connectivity index (χ4v) is 4.29. The minimum Gasteiger partial charge on any atom is -0.466 e. The predicted molar refractivity (Wildman–Crippen MR) is 117 cm³/mol. The highest BCUT2D eigenvalue weighted by Crippen LogP contribution is 2.25. The Hall–Kier alpha value is -1.91. The van der Waals surface area contributed by atoms with E-state index in [0.717, 1.165) is 29.0 Å². The van der Waals surface area contributed by atoms with E-state index in [1.807, 2.05) is 6.92 Å². The normalized spacial score (nSPS) is 12.7. The fourth-order valence-electron chi connectivity index (χ4n) is 2.60. The van der Waals surface area contributed by atoms with Crippen molar-refractivity contribution in [3.05, 3.63) is 21.4 Å². The van der Waals surface area contributed by atoms with Crippen LogP contribution in [0.1, 0.15) is 60.1 Å². The van der Waals surface area contributed by atoms with Gasteiger partial charge in [0.25, 0.3) is 5.91 Å². The summed E-state index contributed by atoms with van der Waals surface area (Å²) in [5.74, 6) is -1.11. The first-order valence-electron chi connectivity index (χ1n) is 9.79. The molecule has 0 aromatic carbocycles. The maximum absolute atomic E-state index is 12.8. The average Bonchev–Trinajstić information content (AvgIpc) is 3.05. The van der Waals surface area contributed by atoms with Crippen molar-refractivity contribution in [2.24, 2.45) is 5.73 Å².